The molecule has 0 aromatic carbocycles. The van der Waals surface area contributed by atoms with Crippen molar-refractivity contribution < 1.29 is 10.0 Å². The third kappa shape index (κ3) is 1.84. The van der Waals surface area contributed by atoms with E-state index in [1.807, 2.05) is 6.20 Å². The predicted octanol–water partition coefficient (Wildman–Crippen LogP) is 0.756. The summed E-state index contributed by atoms with van der Waals surface area (Å²) < 4.78 is 0. The van der Waals surface area contributed by atoms with Crippen LogP contribution in [-0.4, -0.2) is 27.1 Å². The summed E-state index contributed by atoms with van der Waals surface area (Å²) in [5.41, 5.74) is 2.39. The quantitative estimate of drug-likeness (QED) is 0.666. The number of aromatic nitrogens is 2. The molecule has 0 saturated carbocycles. The van der Waals surface area contributed by atoms with Gasteiger partial charge >= 0.3 is 7.12 Å². The summed E-state index contributed by atoms with van der Waals surface area (Å²) in [6, 6.07) is 1.78. The Bertz CT molecular complexity index is 496. The molecule has 0 saturated heterocycles. The van der Waals surface area contributed by atoms with E-state index in [2.05, 4.69) is 23.8 Å². The van der Waals surface area contributed by atoms with Crippen LogP contribution < -0.4 is 5.46 Å². The zero-order chi connectivity index (χ0) is 11.7. The van der Waals surface area contributed by atoms with E-state index in [4.69, 9.17) is 10.0 Å². The Morgan fingerprint density at radius 2 is 2.25 bits per heavy atom. The molecule has 84 valence electrons. The van der Waals surface area contributed by atoms with Crippen molar-refractivity contribution in [3.05, 3.63) is 24.0 Å². The highest BCUT2D eigenvalue weighted by Gasteiger charge is 2.15. The Hall–Kier alpha value is -1.33. The van der Waals surface area contributed by atoms with Crippen molar-refractivity contribution in [2.24, 2.45) is 0 Å². The van der Waals surface area contributed by atoms with Gasteiger partial charge < -0.3 is 15.0 Å². The van der Waals surface area contributed by atoms with Gasteiger partial charge in [-0.15, -0.1) is 0 Å². The lowest BCUT2D eigenvalue weighted by Crippen LogP contribution is -2.30. The van der Waals surface area contributed by atoms with E-state index in [1.165, 1.54) is 11.8 Å². The van der Waals surface area contributed by atoms with Crippen molar-refractivity contribution in [1.29, 1.82) is 0 Å². The number of nitrogens with zero attached hydrogens (tertiary/aromatic N) is 1. The van der Waals surface area contributed by atoms with Gasteiger partial charge in [-0.1, -0.05) is 13.8 Å². The summed E-state index contributed by atoms with van der Waals surface area (Å²) in [7, 11) is -1.46. The smallest absolute Gasteiger partial charge is 0.423 e. The van der Waals surface area contributed by atoms with E-state index >= 15 is 0 Å². The van der Waals surface area contributed by atoms with E-state index < -0.39 is 7.12 Å². The second kappa shape index (κ2) is 4.27. The van der Waals surface area contributed by atoms with Crippen LogP contribution >= 0.6 is 0 Å². The Labute approximate surface area is 94.5 Å². The van der Waals surface area contributed by atoms with Crippen LogP contribution in [0.3, 0.4) is 0 Å². The maximum atomic E-state index is 9.11. The third-order valence-corrected chi connectivity index (χ3v) is 3.03. The van der Waals surface area contributed by atoms with Crippen LogP contribution in [0.4, 0.5) is 0 Å². The summed E-state index contributed by atoms with van der Waals surface area (Å²) in [5.74, 6) is 0.432. The van der Waals surface area contributed by atoms with Crippen LogP contribution in [0, 0.1) is 0 Å². The molecule has 0 fully saturated rings. The van der Waals surface area contributed by atoms with Gasteiger partial charge in [-0.3, -0.25) is 0 Å². The van der Waals surface area contributed by atoms with Crippen LogP contribution in [0.1, 0.15) is 31.7 Å². The number of H-pyrrole nitrogens is 1. The molecule has 1 unspecified atom stereocenters. The molecule has 0 aliphatic rings. The van der Waals surface area contributed by atoms with Crippen molar-refractivity contribution in [2.45, 2.75) is 26.2 Å². The molecule has 0 aliphatic carbocycles. The largest absolute Gasteiger partial charge is 0.490 e. The maximum absolute atomic E-state index is 9.11. The highest BCUT2D eigenvalue weighted by atomic mass is 16.4. The highest BCUT2D eigenvalue weighted by Crippen LogP contribution is 2.25. The van der Waals surface area contributed by atoms with Gasteiger partial charge in [-0.05, 0) is 24.0 Å². The van der Waals surface area contributed by atoms with Crippen molar-refractivity contribution in [2.75, 3.05) is 0 Å². The molecule has 0 bridgehead atoms. The number of fused-ring (bicyclic) bond motifs is 1. The second-order valence-electron chi connectivity index (χ2n) is 4.09. The lowest BCUT2D eigenvalue weighted by atomic mass is 9.81. The Morgan fingerprint density at radius 1 is 1.50 bits per heavy atom. The van der Waals surface area contributed by atoms with Gasteiger partial charge in [-0.25, -0.2) is 4.98 Å². The molecule has 5 heteroatoms. The Balaban J connectivity index is 2.55. The minimum absolute atomic E-state index is 0.427. The van der Waals surface area contributed by atoms with E-state index in [0.29, 0.717) is 11.4 Å². The molecule has 2 heterocycles. The molecule has 0 radical (unpaired) electrons. The van der Waals surface area contributed by atoms with Crippen LogP contribution in [0.2, 0.25) is 0 Å². The molecule has 2 aromatic rings. The molecule has 16 heavy (non-hydrogen) atoms. The number of aromatic amines is 1. The van der Waals surface area contributed by atoms with Crippen molar-refractivity contribution in [3.8, 4) is 0 Å². The van der Waals surface area contributed by atoms with Gasteiger partial charge in [0.2, 0.25) is 0 Å². The van der Waals surface area contributed by atoms with Gasteiger partial charge in [0.05, 0.1) is 0 Å². The zero-order valence-corrected chi connectivity index (χ0v) is 9.44. The molecule has 4 nitrogen and oxygen atoms in total. The fourth-order valence-electron chi connectivity index (χ4n) is 1.81. The van der Waals surface area contributed by atoms with Crippen LogP contribution in [0.25, 0.3) is 11.0 Å². The molecule has 1 atom stereocenters. The number of rotatable bonds is 3. The minimum atomic E-state index is -1.46. The fourth-order valence-corrected chi connectivity index (χ4v) is 1.81. The minimum Gasteiger partial charge on any atom is -0.423 e. The monoisotopic (exact) mass is 218 g/mol. The summed E-state index contributed by atoms with van der Waals surface area (Å²) >= 11 is 0. The Morgan fingerprint density at radius 3 is 2.88 bits per heavy atom. The van der Waals surface area contributed by atoms with Crippen molar-refractivity contribution in [1.82, 2.24) is 9.97 Å². The summed E-state index contributed by atoms with van der Waals surface area (Å²) in [5, 5.41) is 19.2. The van der Waals surface area contributed by atoms with E-state index in [1.54, 1.807) is 6.07 Å². The topological polar surface area (TPSA) is 69.1 Å². The predicted molar refractivity (Wildman–Crippen MR) is 64.6 cm³/mol. The van der Waals surface area contributed by atoms with Gasteiger partial charge in [0.1, 0.15) is 5.65 Å². The van der Waals surface area contributed by atoms with Gasteiger partial charge in [0.25, 0.3) is 0 Å². The van der Waals surface area contributed by atoms with E-state index in [-0.39, 0.29) is 0 Å². The molecule has 3 N–H and O–H groups in total. The highest BCUT2D eigenvalue weighted by molar-refractivity contribution is 6.58. The summed E-state index contributed by atoms with van der Waals surface area (Å²) in [4.78, 5) is 7.26. The molecule has 2 rings (SSSR count). The molecular formula is C11H15BN2O2. The summed E-state index contributed by atoms with van der Waals surface area (Å²) in [6.45, 7) is 4.27. The normalized spacial score (nSPS) is 13.0. The number of nitrogens with one attached hydrogen (secondary N) is 1. The molecule has 2 aromatic heterocycles. The number of hydrogen-bond acceptors (Lipinski definition) is 3. The number of hydrogen-bond donors (Lipinski definition) is 3. The molecular weight excluding hydrogens is 203 g/mol. The van der Waals surface area contributed by atoms with Crippen LogP contribution in [-0.2, 0) is 0 Å². The standard InChI is InChI=1S/C11H15BN2O2/c1-3-7(2)10-6-14-11-9(10)4-8(5-13-11)12(15)16/h4-7,15-16H,3H2,1-2H3,(H,13,14). The first-order chi connectivity index (χ1) is 7.63. The molecule has 0 spiro atoms. The van der Waals surface area contributed by atoms with Gasteiger partial charge in [0, 0.05) is 23.2 Å². The average molecular weight is 218 g/mol. The lowest BCUT2D eigenvalue weighted by Gasteiger charge is -2.07. The van der Waals surface area contributed by atoms with E-state index in [9.17, 15) is 0 Å². The first kappa shape index (κ1) is 11.2. The second-order valence-corrected chi connectivity index (χ2v) is 4.09. The lowest BCUT2D eigenvalue weighted by molar-refractivity contribution is 0.425. The van der Waals surface area contributed by atoms with Crippen LogP contribution in [0.5, 0.6) is 0 Å². The first-order valence-electron chi connectivity index (χ1n) is 5.46. The zero-order valence-electron chi connectivity index (χ0n) is 9.44. The van der Waals surface area contributed by atoms with Crippen molar-refractivity contribution >= 4 is 23.6 Å². The van der Waals surface area contributed by atoms with Gasteiger partial charge in [-0.2, -0.15) is 0 Å². The maximum Gasteiger partial charge on any atom is 0.490 e. The third-order valence-electron chi connectivity index (χ3n) is 3.03. The fraction of sp³-hybridized carbons (Fsp3) is 0.364. The molecule has 0 amide bonds. The van der Waals surface area contributed by atoms with Crippen molar-refractivity contribution in [3.63, 3.8) is 0 Å². The van der Waals surface area contributed by atoms with Gasteiger partial charge in [0.15, 0.2) is 0 Å². The average Bonchev–Trinajstić information content (AvgIpc) is 2.70. The SMILES string of the molecule is CCC(C)c1c[nH]c2ncc(B(O)O)cc12. The molecule has 0 aliphatic heterocycles. The Kier molecular flexibility index (Phi) is 2.98. The van der Waals surface area contributed by atoms with Crippen LogP contribution in [0.15, 0.2) is 18.5 Å². The summed E-state index contributed by atoms with van der Waals surface area (Å²) in [6.07, 6.45) is 4.46. The number of pyridine rings is 1. The van der Waals surface area contributed by atoms with E-state index in [0.717, 1.165) is 17.5 Å². The first-order valence-corrected chi connectivity index (χ1v) is 5.46.